The van der Waals surface area contributed by atoms with Crippen molar-refractivity contribution in [2.75, 3.05) is 13.1 Å². The summed E-state index contributed by atoms with van der Waals surface area (Å²) >= 11 is 0. The van der Waals surface area contributed by atoms with E-state index in [2.05, 4.69) is 25.9 Å². The minimum absolute atomic E-state index is 0.0196. The van der Waals surface area contributed by atoms with Gasteiger partial charge in [-0.2, -0.15) is 0 Å². The van der Waals surface area contributed by atoms with E-state index in [0.717, 1.165) is 16.5 Å². The van der Waals surface area contributed by atoms with E-state index in [1.54, 1.807) is 18.3 Å². The van der Waals surface area contributed by atoms with Crippen molar-refractivity contribution in [1.29, 1.82) is 0 Å². The smallest absolute Gasteiger partial charge is 0.326 e. The van der Waals surface area contributed by atoms with Crippen LogP contribution < -0.4 is 38.9 Å². The summed E-state index contributed by atoms with van der Waals surface area (Å²) in [6.45, 7) is 0.556. The van der Waals surface area contributed by atoms with Gasteiger partial charge in [-0.1, -0.05) is 30.3 Å². The van der Waals surface area contributed by atoms with Crippen LogP contribution in [0.1, 0.15) is 43.2 Å². The highest BCUT2D eigenvalue weighted by Crippen LogP contribution is 2.19. The Morgan fingerprint density at radius 1 is 0.809 bits per heavy atom. The Hall–Kier alpha value is -5.15. The number of aromatic hydroxyl groups is 1. The van der Waals surface area contributed by atoms with Crippen molar-refractivity contribution in [3.8, 4) is 5.75 Å². The normalized spacial score (nSPS) is 13.6. The van der Waals surface area contributed by atoms with E-state index in [1.165, 1.54) is 12.1 Å². The highest BCUT2D eigenvalue weighted by molar-refractivity contribution is 5.94. The number of nitrogens with zero attached hydrogens (tertiary/aromatic N) is 1. The van der Waals surface area contributed by atoms with Crippen molar-refractivity contribution in [3.05, 3.63) is 65.9 Å². The molecule has 0 aliphatic rings. The SMILES string of the molecule is NCCCCC(NC(=O)C(CCCN=C(N)N)NC(=O)C(N)Cc1c[nH]c2ccccc12)C(=O)NC(Cc1ccc(O)cc1)C(=O)O. The van der Waals surface area contributed by atoms with Crippen molar-refractivity contribution >= 4 is 40.6 Å². The molecule has 1 heterocycles. The number of unbranched alkanes of at least 4 members (excludes halogenated alkanes) is 1. The molecule has 0 aliphatic heterocycles. The van der Waals surface area contributed by atoms with Gasteiger partial charge in [-0.25, -0.2) is 4.79 Å². The molecule has 15 heteroatoms. The lowest BCUT2D eigenvalue weighted by Crippen LogP contribution is -2.57. The molecule has 0 saturated carbocycles. The molecule has 3 rings (SSSR count). The Morgan fingerprint density at radius 3 is 2.06 bits per heavy atom. The molecule has 0 bridgehead atoms. The Labute approximate surface area is 272 Å². The molecule has 2 aromatic carbocycles. The number of benzene rings is 2. The number of amides is 3. The van der Waals surface area contributed by atoms with Crippen molar-refractivity contribution in [2.45, 2.75) is 69.1 Å². The van der Waals surface area contributed by atoms with E-state index >= 15 is 0 Å². The minimum atomic E-state index is -1.31. The Morgan fingerprint density at radius 2 is 1.43 bits per heavy atom. The predicted molar refractivity (Wildman–Crippen MR) is 178 cm³/mol. The number of aliphatic imine (C=N–C) groups is 1. The number of carbonyl (C=O) groups is 4. The molecule has 4 atom stereocenters. The number of nitrogens with one attached hydrogen (secondary N) is 4. The number of fused-ring (bicyclic) bond motifs is 1. The van der Waals surface area contributed by atoms with Gasteiger partial charge in [-0.3, -0.25) is 19.4 Å². The van der Waals surface area contributed by atoms with Crippen LogP contribution in [-0.4, -0.2) is 82.1 Å². The van der Waals surface area contributed by atoms with Crippen LogP contribution in [0.15, 0.2) is 59.7 Å². The lowest BCUT2D eigenvalue weighted by atomic mass is 10.0. The van der Waals surface area contributed by atoms with Gasteiger partial charge in [0, 0.05) is 30.1 Å². The van der Waals surface area contributed by atoms with Gasteiger partial charge in [-0.05, 0) is 74.4 Å². The fourth-order valence-electron chi connectivity index (χ4n) is 5.06. The van der Waals surface area contributed by atoms with Gasteiger partial charge in [0.05, 0.1) is 6.04 Å². The van der Waals surface area contributed by atoms with Gasteiger partial charge in [0.1, 0.15) is 23.9 Å². The molecule has 0 saturated heterocycles. The second kappa shape index (κ2) is 18.1. The van der Waals surface area contributed by atoms with Crippen LogP contribution in [0, 0.1) is 0 Å². The standard InChI is InChI=1S/C32H45N9O6/c33-14-4-3-8-25(30(45)41-27(31(46)47)16-19-10-12-21(42)13-11-19)40-29(44)26(9-5-15-37-32(35)36)39-28(43)23(34)17-20-18-38-24-7-2-1-6-22(20)24/h1-2,6-7,10-13,18,23,25-27,38,42H,3-5,8-9,14-17,33-34H2,(H,39,43)(H,40,44)(H,41,45)(H,46,47)(H4,35,36,37). The van der Waals surface area contributed by atoms with Crippen LogP contribution in [-0.2, 0) is 32.0 Å². The molecule has 0 radical (unpaired) electrons. The number of aliphatic carboxylic acids is 1. The summed E-state index contributed by atoms with van der Waals surface area (Å²) in [5.74, 6) is -3.29. The number of phenols is 1. The number of carbonyl (C=O) groups excluding carboxylic acids is 3. The average Bonchev–Trinajstić information content (AvgIpc) is 3.44. The first kappa shape index (κ1) is 36.3. The number of hydrogen-bond acceptors (Lipinski definition) is 8. The van der Waals surface area contributed by atoms with Crippen molar-refractivity contribution in [3.63, 3.8) is 0 Å². The number of carboxylic acids is 1. The summed E-state index contributed by atoms with van der Waals surface area (Å²) in [4.78, 5) is 59.3. The maximum absolute atomic E-state index is 13.6. The maximum Gasteiger partial charge on any atom is 0.326 e. The molecule has 0 fully saturated rings. The van der Waals surface area contributed by atoms with Crippen LogP contribution in [0.2, 0.25) is 0 Å². The second-order valence-electron chi connectivity index (χ2n) is 11.3. The van der Waals surface area contributed by atoms with Gasteiger partial charge >= 0.3 is 5.97 Å². The molecule has 15 nitrogen and oxygen atoms in total. The third kappa shape index (κ3) is 11.6. The molecule has 1 aromatic heterocycles. The van der Waals surface area contributed by atoms with Gasteiger partial charge in [0.2, 0.25) is 17.7 Å². The molecule has 3 amide bonds. The number of para-hydroxylation sites is 1. The summed E-state index contributed by atoms with van der Waals surface area (Å²) < 4.78 is 0. The van der Waals surface area contributed by atoms with E-state index in [-0.39, 0.29) is 43.9 Å². The predicted octanol–water partition coefficient (Wildman–Crippen LogP) is -0.292. The quantitative estimate of drug-likeness (QED) is 0.0459. The summed E-state index contributed by atoms with van der Waals surface area (Å²) in [6, 6.07) is 9.04. The molecular weight excluding hydrogens is 606 g/mol. The first-order valence-corrected chi connectivity index (χ1v) is 15.5. The molecule has 0 aliphatic carbocycles. The molecule has 3 aromatic rings. The number of aromatic amines is 1. The molecule has 47 heavy (non-hydrogen) atoms. The fourth-order valence-corrected chi connectivity index (χ4v) is 5.06. The largest absolute Gasteiger partial charge is 0.508 e. The molecule has 4 unspecified atom stereocenters. The third-order valence-corrected chi connectivity index (χ3v) is 7.60. The minimum Gasteiger partial charge on any atom is -0.508 e. The number of nitrogens with two attached hydrogens (primary N) is 4. The molecular formula is C32H45N9O6. The Kier molecular flexibility index (Phi) is 14.0. The number of H-pyrrole nitrogens is 1. The van der Waals surface area contributed by atoms with E-state index in [0.29, 0.717) is 31.4 Å². The molecule has 14 N–H and O–H groups in total. The van der Waals surface area contributed by atoms with Gasteiger partial charge in [0.25, 0.3) is 0 Å². The first-order valence-electron chi connectivity index (χ1n) is 15.5. The van der Waals surface area contributed by atoms with E-state index in [9.17, 15) is 29.4 Å². The number of aromatic nitrogens is 1. The lowest BCUT2D eigenvalue weighted by Gasteiger charge is -2.25. The van der Waals surface area contributed by atoms with Crippen molar-refractivity contribution < 1.29 is 29.4 Å². The van der Waals surface area contributed by atoms with Crippen LogP contribution in [0.25, 0.3) is 10.9 Å². The van der Waals surface area contributed by atoms with Crippen LogP contribution in [0.5, 0.6) is 5.75 Å². The molecule has 254 valence electrons. The number of hydrogen-bond donors (Lipinski definition) is 10. The highest BCUT2D eigenvalue weighted by atomic mass is 16.4. The summed E-state index contributed by atoms with van der Waals surface area (Å²) in [5.41, 5.74) is 25.1. The van der Waals surface area contributed by atoms with Crippen LogP contribution in [0.4, 0.5) is 0 Å². The van der Waals surface area contributed by atoms with E-state index < -0.39 is 47.9 Å². The Bertz CT molecular complexity index is 1520. The first-order chi connectivity index (χ1) is 22.5. The summed E-state index contributed by atoms with van der Waals surface area (Å²) in [5, 5.41) is 28.2. The van der Waals surface area contributed by atoms with E-state index in [4.69, 9.17) is 22.9 Å². The third-order valence-electron chi connectivity index (χ3n) is 7.60. The lowest BCUT2D eigenvalue weighted by molar-refractivity contribution is -0.142. The topological polar surface area (TPSA) is 277 Å². The fraction of sp³-hybridized carbons (Fsp3) is 0.406. The van der Waals surface area contributed by atoms with Crippen LogP contribution >= 0.6 is 0 Å². The zero-order valence-corrected chi connectivity index (χ0v) is 26.2. The van der Waals surface area contributed by atoms with Crippen LogP contribution in [0.3, 0.4) is 0 Å². The van der Waals surface area contributed by atoms with Crippen molar-refractivity contribution in [1.82, 2.24) is 20.9 Å². The number of rotatable bonds is 19. The molecule has 0 spiro atoms. The van der Waals surface area contributed by atoms with Gasteiger partial charge < -0.3 is 54.1 Å². The summed E-state index contributed by atoms with van der Waals surface area (Å²) in [6.07, 6.45) is 3.61. The number of phenolic OH excluding ortho intramolecular Hbond substituents is 1. The second-order valence-corrected chi connectivity index (χ2v) is 11.3. The van der Waals surface area contributed by atoms with Crippen molar-refractivity contribution in [2.24, 2.45) is 27.9 Å². The number of carboxylic acid groups (broad SMARTS) is 1. The van der Waals surface area contributed by atoms with Gasteiger partial charge in [0.15, 0.2) is 5.96 Å². The highest BCUT2D eigenvalue weighted by Gasteiger charge is 2.30. The van der Waals surface area contributed by atoms with E-state index in [1.807, 2.05) is 24.3 Å². The Balaban J connectivity index is 1.74. The summed E-state index contributed by atoms with van der Waals surface area (Å²) in [7, 11) is 0. The van der Waals surface area contributed by atoms with Gasteiger partial charge in [-0.15, -0.1) is 0 Å². The zero-order valence-electron chi connectivity index (χ0n) is 26.2. The average molecular weight is 652 g/mol. The number of guanidine groups is 1. The maximum atomic E-state index is 13.6. The monoisotopic (exact) mass is 651 g/mol. The zero-order chi connectivity index (χ0) is 34.3.